The second kappa shape index (κ2) is 7.96. The highest BCUT2D eigenvalue weighted by Gasteiger charge is 2.29. The Kier molecular flexibility index (Phi) is 4.99. The van der Waals surface area contributed by atoms with Crippen LogP contribution in [0.2, 0.25) is 0 Å². The number of H-pyrrole nitrogens is 1. The largest absolute Gasteiger partial charge is 0.454 e. The summed E-state index contributed by atoms with van der Waals surface area (Å²) in [5.74, 6) is 0.622. The van der Waals surface area contributed by atoms with Gasteiger partial charge < -0.3 is 29.8 Å². The molecule has 1 aromatic heterocycles. The maximum atomic E-state index is 13.0. The number of hydrogen-bond acceptors (Lipinski definition) is 5. The predicted molar refractivity (Wildman–Crippen MR) is 113 cm³/mol. The van der Waals surface area contributed by atoms with Crippen molar-refractivity contribution < 1.29 is 24.2 Å². The van der Waals surface area contributed by atoms with E-state index in [2.05, 4.69) is 16.4 Å². The molecule has 2 aliphatic heterocycles. The Hall–Kier alpha value is -3.52. The molecule has 0 radical (unpaired) electrons. The smallest absolute Gasteiger partial charge is 0.247 e. The van der Waals surface area contributed by atoms with Crippen molar-refractivity contribution in [2.24, 2.45) is 0 Å². The van der Waals surface area contributed by atoms with Gasteiger partial charge in [0.2, 0.25) is 18.6 Å². The monoisotopic (exact) mass is 421 g/mol. The molecule has 3 aromatic rings. The standard InChI is InChI=1S/C23H23N3O5/c27-12-19(25-22(28)10-14-5-6-20-21(9-14)31-13-30-20)23(29)26-8-7-16-15-3-1-2-4-17(15)24-18(16)11-26/h1-6,9,19,24,27H,7-8,10-13H2,(H,25,28)/t19-/m0/s1. The number of hydrogen-bond donors (Lipinski definition) is 3. The first kappa shape index (κ1) is 19.4. The van der Waals surface area contributed by atoms with E-state index >= 15 is 0 Å². The lowest BCUT2D eigenvalue weighted by Gasteiger charge is -2.30. The maximum Gasteiger partial charge on any atom is 0.247 e. The van der Waals surface area contributed by atoms with Crippen molar-refractivity contribution in [3.05, 3.63) is 59.3 Å². The van der Waals surface area contributed by atoms with E-state index in [-0.39, 0.29) is 25.0 Å². The van der Waals surface area contributed by atoms with Gasteiger partial charge in [0, 0.05) is 23.1 Å². The lowest BCUT2D eigenvalue weighted by molar-refractivity contribution is -0.138. The topological polar surface area (TPSA) is 104 Å². The number of ether oxygens (including phenoxy) is 2. The first-order valence-corrected chi connectivity index (χ1v) is 10.3. The molecule has 160 valence electrons. The normalized spacial score (nSPS) is 15.6. The molecule has 0 unspecified atom stereocenters. The molecule has 0 aliphatic carbocycles. The van der Waals surface area contributed by atoms with Gasteiger partial charge in [0.25, 0.3) is 0 Å². The number of aromatic amines is 1. The molecule has 8 heteroatoms. The SMILES string of the molecule is O=C(Cc1ccc2c(c1)OCO2)N[C@@H](CO)C(=O)N1CCc2c([nH]c3ccccc23)C1. The second-order valence-electron chi connectivity index (χ2n) is 7.80. The van der Waals surface area contributed by atoms with Crippen molar-refractivity contribution in [1.29, 1.82) is 0 Å². The van der Waals surface area contributed by atoms with Crippen LogP contribution in [0.5, 0.6) is 11.5 Å². The number of benzene rings is 2. The number of para-hydroxylation sites is 1. The number of aliphatic hydroxyl groups excluding tert-OH is 1. The Balaban J connectivity index is 1.24. The molecule has 1 atom stereocenters. The van der Waals surface area contributed by atoms with E-state index < -0.39 is 12.6 Å². The van der Waals surface area contributed by atoms with Gasteiger partial charge in [0.15, 0.2) is 11.5 Å². The number of nitrogens with zero attached hydrogens (tertiary/aromatic N) is 1. The van der Waals surface area contributed by atoms with Gasteiger partial charge in [-0.05, 0) is 35.7 Å². The lowest BCUT2D eigenvalue weighted by atomic mass is 10.0. The van der Waals surface area contributed by atoms with Gasteiger partial charge in [-0.1, -0.05) is 24.3 Å². The van der Waals surface area contributed by atoms with Crippen LogP contribution in [-0.4, -0.2) is 52.8 Å². The molecule has 3 N–H and O–H groups in total. The van der Waals surface area contributed by atoms with Gasteiger partial charge >= 0.3 is 0 Å². The number of carbonyl (C=O) groups is 2. The summed E-state index contributed by atoms with van der Waals surface area (Å²) in [5.41, 5.74) is 4.03. The van der Waals surface area contributed by atoms with Crippen LogP contribution < -0.4 is 14.8 Å². The minimum atomic E-state index is -0.979. The fourth-order valence-corrected chi connectivity index (χ4v) is 4.27. The average molecular weight is 421 g/mol. The Morgan fingerprint density at radius 2 is 2.00 bits per heavy atom. The van der Waals surface area contributed by atoms with E-state index in [1.165, 1.54) is 10.9 Å². The Morgan fingerprint density at radius 3 is 2.87 bits per heavy atom. The minimum Gasteiger partial charge on any atom is -0.454 e. The molecule has 0 saturated carbocycles. The van der Waals surface area contributed by atoms with Crippen LogP contribution >= 0.6 is 0 Å². The number of aromatic nitrogens is 1. The molecule has 0 saturated heterocycles. The summed E-state index contributed by atoms with van der Waals surface area (Å²) in [6, 6.07) is 12.4. The van der Waals surface area contributed by atoms with Crippen LogP contribution in [0.25, 0.3) is 10.9 Å². The van der Waals surface area contributed by atoms with Crippen molar-refractivity contribution in [1.82, 2.24) is 15.2 Å². The summed E-state index contributed by atoms with van der Waals surface area (Å²) in [6.45, 7) is 0.682. The number of rotatable bonds is 5. The van der Waals surface area contributed by atoms with Crippen molar-refractivity contribution >= 4 is 22.7 Å². The van der Waals surface area contributed by atoms with Crippen LogP contribution in [0.3, 0.4) is 0 Å². The molecule has 2 aromatic carbocycles. The molecule has 2 amide bonds. The summed E-state index contributed by atoms with van der Waals surface area (Å²) < 4.78 is 10.6. The molecule has 3 heterocycles. The summed E-state index contributed by atoms with van der Waals surface area (Å²) in [5, 5.41) is 13.6. The number of nitrogens with one attached hydrogen (secondary N) is 2. The van der Waals surface area contributed by atoms with Crippen LogP contribution in [0.1, 0.15) is 16.8 Å². The van der Waals surface area contributed by atoms with Crippen molar-refractivity contribution in [3.63, 3.8) is 0 Å². The second-order valence-corrected chi connectivity index (χ2v) is 7.80. The van der Waals surface area contributed by atoms with Crippen molar-refractivity contribution in [2.75, 3.05) is 19.9 Å². The van der Waals surface area contributed by atoms with Crippen molar-refractivity contribution in [2.45, 2.75) is 25.4 Å². The van der Waals surface area contributed by atoms with E-state index in [4.69, 9.17) is 9.47 Å². The third-order valence-corrected chi connectivity index (χ3v) is 5.81. The highest BCUT2D eigenvalue weighted by atomic mass is 16.7. The van der Waals surface area contributed by atoms with Crippen LogP contribution in [0.15, 0.2) is 42.5 Å². The zero-order valence-corrected chi connectivity index (χ0v) is 16.9. The maximum absolute atomic E-state index is 13.0. The molecule has 31 heavy (non-hydrogen) atoms. The summed E-state index contributed by atoms with van der Waals surface area (Å²) in [6.07, 6.45) is 0.807. The number of aliphatic hydroxyl groups is 1. The van der Waals surface area contributed by atoms with E-state index in [9.17, 15) is 14.7 Å². The van der Waals surface area contributed by atoms with Gasteiger partial charge in [-0.3, -0.25) is 9.59 Å². The van der Waals surface area contributed by atoms with E-state index in [0.717, 1.165) is 23.2 Å². The molecule has 2 aliphatic rings. The number of amides is 2. The van der Waals surface area contributed by atoms with Crippen LogP contribution in [0.4, 0.5) is 0 Å². The van der Waals surface area contributed by atoms with Crippen LogP contribution in [0, 0.1) is 0 Å². The zero-order chi connectivity index (χ0) is 21.4. The fourth-order valence-electron chi connectivity index (χ4n) is 4.27. The van der Waals surface area contributed by atoms with Gasteiger partial charge in [0.1, 0.15) is 6.04 Å². The Morgan fingerprint density at radius 1 is 1.16 bits per heavy atom. The molecule has 0 bridgehead atoms. The van der Waals surface area contributed by atoms with Gasteiger partial charge in [0.05, 0.1) is 19.6 Å². The number of carbonyl (C=O) groups excluding carboxylic acids is 2. The quantitative estimate of drug-likeness (QED) is 0.579. The van der Waals surface area contributed by atoms with E-state index in [1.807, 2.05) is 18.2 Å². The molecular formula is C23H23N3O5. The van der Waals surface area contributed by atoms with Gasteiger partial charge in [-0.15, -0.1) is 0 Å². The zero-order valence-electron chi connectivity index (χ0n) is 16.9. The van der Waals surface area contributed by atoms with Crippen LogP contribution in [-0.2, 0) is 29.0 Å². The minimum absolute atomic E-state index is 0.0760. The van der Waals surface area contributed by atoms with Gasteiger partial charge in [-0.2, -0.15) is 0 Å². The third-order valence-electron chi connectivity index (χ3n) is 5.81. The highest BCUT2D eigenvalue weighted by molar-refractivity contribution is 5.90. The molecule has 0 fully saturated rings. The number of fused-ring (bicyclic) bond motifs is 4. The third kappa shape index (κ3) is 3.70. The Bertz CT molecular complexity index is 1160. The predicted octanol–water partition coefficient (Wildman–Crippen LogP) is 1.50. The van der Waals surface area contributed by atoms with E-state index in [0.29, 0.717) is 24.6 Å². The average Bonchev–Trinajstić information content (AvgIpc) is 3.40. The molecule has 5 rings (SSSR count). The Labute approximate surface area is 178 Å². The molecule has 0 spiro atoms. The van der Waals surface area contributed by atoms with Gasteiger partial charge in [-0.25, -0.2) is 0 Å². The van der Waals surface area contributed by atoms with E-state index in [1.54, 1.807) is 23.1 Å². The lowest BCUT2D eigenvalue weighted by Crippen LogP contribution is -2.51. The summed E-state index contributed by atoms with van der Waals surface area (Å²) in [4.78, 5) is 30.6. The molecule has 8 nitrogen and oxygen atoms in total. The summed E-state index contributed by atoms with van der Waals surface area (Å²) in [7, 11) is 0. The summed E-state index contributed by atoms with van der Waals surface area (Å²) >= 11 is 0. The van der Waals surface area contributed by atoms with Crippen molar-refractivity contribution in [3.8, 4) is 11.5 Å². The fraction of sp³-hybridized carbons (Fsp3) is 0.304. The molecular weight excluding hydrogens is 398 g/mol. The first-order chi connectivity index (χ1) is 15.1. The first-order valence-electron chi connectivity index (χ1n) is 10.3. The highest BCUT2D eigenvalue weighted by Crippen LogP contribution is 2.32.